The van der Waals surface area contributed by atoms with Crippen molar-refractivity contribution in [1.82, 2.24) is 14.8 Å². The van der Waals surface area contributed by atoms with Crippen molar-refractivity contribution in [2.75, 3.05) is 38.2 Å². The van der Waals surface area contributed by atoms with Gasteiger partial charge in [0.25, 0.3) is 0 Å². The number of nitrogens with zero attached hydrogens (tertiary/aromatic N) is 4. The van der Waals surface area contributed by atoms with Crippen LogP contribution in [0.25, 0.3) is 0 Å². The Kier molecular flexibility index (Phi) is 9.98. The van der Waals surface area contributed by atoms with E-state index >= 15 is 0 Å². The van der Waals surface area contributed by atoms with Crippen molar-refractivity contribution in [3.63, 3.8) is 0 Å². The third-order valence-corrected chi connectivity index (χ3v) is 8.72. The Bertz CT molecular complexity index is 1320. The van der Waals surface area contributed by atoms with Gasteiger partial charge in [-0.05, 0) is 69.9 Å². The minimum absolute atomic E-state index is 0.0599. The van der Waals surface area contributed by atoms with Crippen molar-refractivity contribution in [2.45, 2.75) is 66.5 Å². The lowest BCUT2D eigenvalue weighted by atomic mass is 10.0. The summed E-state index contributed by atoms with van der Waals surface area (Å²) in [6.07, 6.45) is 1.51. The maximum atomic E-state index is 13.9. The van der Waals surface area contributed by atoms with Crippen molar-refractivity contribution in [3.05, 3.63) is 74.7 Å². The topological polar surface area (TPSA) is 66.0 Å². The van der Waals surface area contributed by atoms with Crippen LogP contribution in [0.3, 0.4) is 0 Å². The molecule has 0 atom stereocenters. The molecule has 2 aromatic carbocycles. The Morgan fingerprint density at radius 3 is 2.35 bits per heavy atom. The number of amides is 2. The smallest absolute Gasteiger partial charge is 0.231 e. The quantitative estimate of drug-likeness (QED) is 0.406. The largest absolute Gasteiger partial charge is 0.497 e. The molecule has 8 heteroatoms. The minimum atomic E-state index is 0.0599. The van der Waals surface area contributed by atoms with Crippen LogP contribution in [0.5, 0.6) is 5.75 Å². The van der Waals surface area contributed by atoms with E-state index in [0.29, 0.717) is 38.5 Å². The van der Waals surface area contributed by atoms with Crippen molar-refractivity contribution < 1.29 is 14.3 Å². The summed E-state index contributed by atoms with van der Waals surface area (Å²) in [5, 5.41) is 0.982. The van der Waals surface area contributed by atoms with Crippen molar-refractivity contribution >= 4 is 28.8 Å². The molecule has 0 N–H and O–H groups in total. The van der Waals surface area contributed by atoms with E-state index in [0.717, 1.165) is 63.2 Å². The van der Waals surface area contributed by atoms with Crippen LogP contribution in [0.4, 0.5) is 5.69 Å². The zero-order valence-corrected chi connectivity index (χ0v) is 25.5. The number of benzene rings is 2. The van der Waals surface area contributed by atoms with Gasteiger partial charge in [-0.1, -0.05) is 30.3 Å². The summed E-state index contributed by atoms with van der Waals surface area (Å²) in [7, 11) is 1.64. The monoisotopic (exact) mass is 562 g/mol. The maximum Gasteiger partial charge on any atom is 0.231 e. The zero-order valence-electron chi connectivity index (χ0n) is 24.7. The number of methoxy groups -OCH3 is 1. The molecular weight excluding hydrogens is 520 g/mol. The van der Waals surface area contributed by atoms with Gasteiger partial charge in [-0.15, -0.1) is 11.3 Å². The fraction of sp³-hybridized carbons (Fsp3) is 0.469. The molecule has 214 valence electrons. The van der Waals surface area contributed by atoms with E-state index in [4.69, 9.17) is 4.74 Å². The summed E-state index contributed by atoms with van der Waals surface area (Å²) in [6.45, 7) is 13.8. The predicted octanol–water partition coefficient (Wildman–Crippen LogP) is 5.34. The van der Waals surface area contributed by atoms with E-state index < -0.39 is 0 Å². The van der Waals surface area contributed by atoms with Gasteiger partial charge in [0.05, 0.1) is 36.3 Å². The van der Waals surface area contributed by atoms with Crippen LogP contribution >= 0.6 is 11.3 Å². The molecule has 3 aromatic rings. The van der Waals surface area contributed by atoms with Crippen LogP contribution in [0.15, 0.2) is 42.5 Å². The molecule has 0 bridgehead atoms. The number of para-hydroxylation sites is 1. The third-order valence-electron chi connectivity index (χ3n) is 7.65. The van der Waals surface area contributed by atoms with E-state index in [-0.39, 0.29) is 11.8 Å². The van der Waals surface area contributed by atoms with Gasteiger partial charge in [-0.25, -0.2) is 4.98 Å². The van der Waals surface area contributed by atoms with Gasteiger partial charge in [0.1, 0.15) is 5.75 Å². The number of hydrogen-bond donors (Lipinski definition) is 0. The number of aryl methyl sites for hydroxylation is 3. The number of ether oxygens (including phenoxy) is 1. The molecule has 0 fully saturated rings. The highest BCUT2D eigenvalue weighted by Gasteiger charge is 2.26. The number of anilines is 1. The first-order chi connectivity index (χ1) is 19.2. The Balaban J connectivity index is 1.67. The van der Waals surface area contributed by atoms with Crippen LogP contribution in [-0.4, -0.2) is 65.9 Å². The SMILES string of the molecule is COc1ccc(CC(=O)N2CCCN(C(C)C)CCN(C(=O)Cc3sc(C)nc3C)Cc3cccc(C)c32)cc1. The van der Waals surface area contributed by atoms with Crippen LogP contribution in [-0.2, 0) is 29.0 Å². The molecule has 0 aliphatic carbocycles. The number of carbonyl (C=O) groups is 2. The number of fused-ring (bicyclic) bond motifs is 1. The first-order valence-corrected chi connectivity index (χ1v) is 14.9. The standard InChI is InChI=1S/C32H42N4O3S/c1-22(2)34-15-8-16-36(31(38)19-26-11-13-28(39-6)14-12-26)32-23(3)9-7-10-27(32)21-35(18-17-34)30(37)20-29-24(4)33-25(5)40-29/h7,9-14,22H,8,15-21H2,1-6H3. The molecule has 1 aliphatic heterocycles. The minimum Gasteiger partial charge on any atom is -0.497 e. The summed E-state index contributed by atoms with van der Waals surface area (Å²) in [4.78, 5) is 39.5. The second kappa shape index (κ2) is 13.4. The molecule has 1 aromatic heterocycles. The van der Waals surface area contributed by atoms with E-state index in [1.165, 1.54) is 0 Å². The molecule has 4 rings (SSSR count). The maximum absolute atomic E-state index is 13.9. The van der Waals surface area contributed by atoms with Gasteiger partial charge >= 0.3 is 0 Å². The zero-order chi connectivity index (χ0) is 28.8. The molecular formula is C32H42N4O3S. The molecule has 0 spiro atoms. The van der Waals surface area contributed by atoms with Gasteiger partial charge in [-0.3, -0.25) is 14.5 Å². The fourth-order valence-corrected chi connectivity index (χ4v) is 6.33. The summed E-state index contributed by atoms with van der Waals surface area (Å²) in [6, 6.07) is 14.2. The van der Waals surface area contributed by atoms with Crippen molar-refractivity contribution in [1.29, 1.82) is 0 Å². The predicted molar refractivity (Wildman–Crippen MR) is 162 cm³/mol. The van der Waals surface area contributed by atoms with Crippen LogP contribution in [0, 0.1) is 20.8 Å². The number of hydrogen-bond acceptors (Lipinski definition) is 6. The lowest BCUT2D eigenvalue weighted by Crippen LogP contribution is -2.42. The molecule has 0 saturated heterocycles. The molecule has 40 heavy (non-hydrogen) atoms. The Hall–Kier alpha value is -3.23. The van der Waals surface area contributed by atoms with E-state index in [1.807, 2.05) is 54.0 Å². The second-order valence-electron chi connectivity index (χ2n) is 10.9. The number of rotatable bonds is 6. The number of carbonyl (C=O) groups excluding carboxylic acids is 2. The van der Waals surface area contributed by atoms with Gasteiger partial charge in [0, 0.05) is 43.6 Å². The highest BCUT2D eigenvalue weighted by molar-refractivity contribution is 7.11. The van der Waals surface area contributed by atoms with E-state index in [9.17, 15) is 9.59 Å². The summed E-state index contributed by atoms with van der Waals surface area (Å²) in [5.74, 6) is 0.929. The van der Waals surface area contributed by atoms with Gasteiger partial charge < -0.3 is 14.5 Å². The molecule has 2 amide bonds. The van der Waals surface area contributed by atoms with Crippen LogP contribution in [0.2, 0.25) is 0 Å². The normalized spacial score (nSPS) is 15.1. The van der Waals surface area contributed by atoms with Crippen LogP contribution < -0.4 is 9.64 Å². The van der Waals surface area contributed by atoms with Crippen LogP contribution in [0.1, 0.15) is 52.5 Å². The first-order valence-electron chi connectivity index (χ1n) is 14.1. The Morgan fingerprint density at radius 2 is 1.70 bits per heavy atom. The van der Waals surface area contributed by atoms with Crippen molar-refractivity contribution in [2.24, 2.45) is 0 Å². The average molecular weight is 563 g/mol. The average Bonchev–Trinajstić information content (AvgIpc) is 3.21. The Morgan fingerprint density at radius 1 is 0.950 bits per heavy atom. The highest BCUT2D eigenvalue weighted by atomic mass is 32.1. The highest BCUT2D eigenvalue weighted by Crippen LogP contribution is 2.29. The number of thiazole rings is 1. The van der Waals surface area contributed by atoms with Crippen molar-refractivity contribution in [3.8, 4) is 5.75 Å². The van der Waals surface area contributed by atoms with Gasteiger partial charge in [-0.2, -0.15) is 0 Å². The summed E-state index contributed by atoms with van der Waals surface area (Å²) in [5.41, 5.74) is 4.87. The lowest BCUT2D eigenvalue weighted by Gasteiger charge is -2.30. The first kappa shape index (κ1) is 29.7. The van der Waals surface area contributed by atoms with E-state index in [2.05, 4.69) is 42.8 Å². The fourth-order valence-electron chi connectivity index (χ4n) is 5.40. The lowest BCUT2D eigenvalue weighted by molar-refractivity contribution is -0.131. The second-order valence-corrected chi connectivity index (χ2v) is 12.2. The number of aromatic nitrogens is 1. The van der Waals surface area contributed by atoms with E-state index in [1.54, 1.807) is 18.4 Å². The Labute approximate surface area is 242 Å². The summed E-state index contributed by atoms with van der Waals surface area (Å²) >= 11 is 1.60. The molecule has 0 radical (unpaired) electrons. The molecule has 0 unspecified atom stereocenters. The molecule has 7 nitrogen and oxygen atoms in total. The molecule has 0 saturated carbocycles. The summed E-state index contributed by atoms with van der Waals surface area (Å²) < 4.78 is 5.29. The molecule has 2 heterocycles. The van der Waals surface area contributed by atoms with Gasteiger partial charge in [0.15, 0.2) is 0 Å². The van der Waals surface area contributed by atoms with Gasteiger partial charge in [0.2, 0.25) is 11.8 Å². The third kappa shape index (κ3) is 7.29. The molecule has 1 aliphatic rings.